The zero-order valence-electron chi connectivity index (χ0n) is 11.0. The van der Waals surface area contributed by atoms with Crippen LogP contribution < -0.4 is 10.5 Å². The van der Waals surface area contributed by atoms with Crippen molar-refractivity contribution in [2.24, 2.45) is 5.73 Å². The number of hydrogen-bond donors (Lipinski definition) is 1. The zero-order valence-corrected chi connectivity index (χ0v) is 11.8. The molecule has 0 aliphatic heterocycles. The van der Waals surface area contributed by atoms with Crippen molar-refractivity contribution in [2.45, 2.75) is 20.0 Å². The Kier molecular flexibility index (Phi) is 4.83. The van der Waals surface area contributed by atoms with Crippen LogP contribution in [0.1, 0.15) is 16.7 Å². The Hall–Kier alpha value is -1.51. The molecule has 0 fully saturated rings. The summed E-state index contributed by atoms with van der Waals surface area (Å²) in [6.07, 6.45) is 0.914. The summed E-state index contributed by atoms with van der Waals surface area (Å²) >= 11 is 5.98. The highest BCUT2D eigenvalue weighted by Crippen LogP contribution is 2.21. The van der Waals surface area contributed by atoms with Crippen molar-refractivity contribution >= 4 is 11.6 Å². The third kappa shape index (κ3) is 3.98. The number of nitrogens with two attached hydrogens (primary N) is 1. The predicted molar refractivity (Wildman–Crippen MR) is 79.7 cm³/mol. The third-order valence-corrected chi connectivity index (χ3v) is 3.41. The Labute approximate surface area is 119 Å². The minimum atomic E-state index is 0.560. The van der Waals surface area contributed by atoms with Gasteiger partial charge in [0.15, 0.2) is 0 Å². The molecule has 0 bridgehead atoms. The maximum Gasteiger partial charge on any atom is 0.120 e. The number of ether oxygens (including phenoxy) is 1. The van der Waals surface area contributed by atoms with Crippen LogP contribution >= 0.6 is 11.6 Å². The maximum atomic E-state index is 5.98. The molecule has 0 aliphatic rings. The van der Waals surface area contributed by atoms with Crippen LogP contribution in [0.4, 0.5) is 0 Å². The summed E-state index contributed by atoms with van der Waals surface area (Å²) in [5.74, 6) is 0.841. The zero-order chi connectivity index (χ0) is 13.7. The lowest BCUT2D eigenvalue weighted by atomic mass is 10.1. The van der Waals surface area contributed by atoms with Gasteiger partial charge in [0.2, 0.25) is 0 Å². The number of benzene rings is 2. The molecule has 0 spiro atoms. The van der Waals surface area contributed by atoms with Crippen molar-refractivity contribution < 1.29 is 4.74 Å². The standard InChI is InChI=1S/C16H18ClNO/c1-12-10-15(6-7-16(12)17)19-11-14-4-2-13(3-5-14)8-9-18/h2-7,10H,8-9,11,18H2,1H3. The van der Waals surface area contributed by atoms with Gasteiger partial charge in [-0.05, 0) is 54.8 Å². The summed E-state index contributed by atoms with van der Waals surface area (Å²) < 4.78 is 5.74. The van der Waals surface area contributed by atoms with E-state index in [1.165, 1.54) is 5.56 Å². The predicted octanol–water partition coefficient (Wildman–Crippen LogP) is 3.73. The molecule has 2 nitrogen and oxygen atoms in total. The Morgan fingerprint density at radius 3 is 2.37 bits per heavy atom. The summed E-state index contributed by atoms with van der Waals surface area (Å²) in [6.45, 7) is 3.21. The lowest BCUT2D eigenvalue weighted by Gasteiger charge is -2.08. The SMILES string of the molecule is Cc1cc(OCc2ccc(CCN)cc2)ccc1Cl. The quantitative estimate of drug-likeness (QED) is 0.902. The molecule has 100 valence electrons. The van der Waals surface area contributed by atoms with E-state index >= 15 is 0 Å². The molecule has 0 amide bonds. The van der Waals surface area contributed by atoms with Crippen LogP contribution in [0.3, 0.4) is 0 Å². The van der Waals surface area contributed by atoms with Gasteiger partial charge in [-0.3, -0.25) is 0 Å². The molecule has 19 heavy (non-hydrogen) atoms. The molecule has 2 rings (SSSR count). The molecule has 3 heteroatoms. The van der Waals surface area contributed by atoms with Gasteiger partial charge in [0, 0.05) is 5.02 Å². The number of hydrogen-bond acceptors (Lipinski definition) is 2. The van der Waals surface area contributed by atoms with Crippen LogP contribution in [-0.4, -0.2) is 6.54 Å². The van der Waals surface area contributed by atoms with E-state index in [4.69, 9.17) is 22.1 Å². The first-order chi connectivity index (χ1) is 9.19. The molecule has 0 aromatic heterocycles. The molecule has 0 saturated heterocycles. The second kappa shape index (κ2) is 6.60. The second-order valence-electron chi connectivity index (χ2n) is 4.55. The van der Waals surface area contributed by atoms with E-state index in [0.717, 1.165) is 28.3 Å². The highest BCUT2D eigenvalue weighted by Gasteiger charge is 2.00. The summed E-state index contributed by atoms with van der Waals surface area (Å²) in [6, 6.07) is 14.0. The lowest BCUT2D eigenvalue weighted by molar-refractivity contribution is 0.306. The number of rotatable bonds is 5. The fourth-order valence-electron chi connectivity index (χ4n) is 1.84. The third-order valence-electron chi connectivity index (χ3n) is 2.99. The summed E-state index contributed by atoms with van der Waals surface area (Å²) in [4.78, 5) is 0. The van der Waals surface area contributed by atoms with Crippen LogP contribution in [0.25, 0.3) is 0 Å². The summed E-state index contributed by atoms with van der Waals surface area (Å²) in [5, 5.41) is 0.762. The average molecular weight is 276 g/mol. The van der Waals surface area contributed by atoms with Crippen LogP contribution in [0.5, 0.6) is 5.75 Å². The molecule has 0 saturated carbocycles. The van der Waals surface area contributed by atoms with Crippen LogP contribution in [-0.2, 0) is 13.0 Å². The molecule has 0 unspecified atom stereocenters. The Morgan fingerprint density at radius 1 is 1.05 bits per heavy atom. The van der Waals surface area contributed by atoms with Crippen LogP contribution in [0.15, 0.2) is 42.5 Å². The van der Waals surface area contributed by atoms with Gasteiger partial charge < -0.3 is 10.5 Å². The summed E-state index contributed by atoms with van der Waals surface area (Å²) in [5.41, 5.74) is 8.95. The van der Waals surface area contributed by atoms with Gasteiger partial charge in [0.25, 0.3) is 0 Å². The topological polar surface area (TPSA) is 35.2 Å². The molecule has 0 heterocycles. The van der Waals surface area contributed by atoms with Crippen molar-refractivity contribution in [3.05, 3.63) is 64.2 Å². The van der Waals surface area contributed by atoms with E-state index < -0.39 is 0 Å². The minimum absolute atomic E-state index is 0.560. The van der Waals surface area contributed by atoms with Crippen LogP contribution in [0.2, 0.25) is 5.02 Å². The van der Waals surface area contributed by atoms with Crippen molar-refractivity contribution in [3.63, 3.8) is 0 Å². The van der Waals surface area contributed by atoms with Crippen molar-refractivity contribution in [2.75, 3.05) is 6.54 Å². The van der Waals surface area contributed by atoms with Gasteiger partial charge >= 0.3 is 0 Å². The van der Waals surface area contributed by atoms with Gasteiger partial charge in [0.05, 0.1) is 0 Å². The number of aryl methyl sites for hydroxylation is 1. The molecule has 0 aliphatic carbocycles. The molecule has 2 aromatic rings. The molecule has 2 aromatic carbocycles. The fraction of sp³-hybridized carbons (Fsp3) is 0.250. The first-order valence-electron chi connectivity index (χ1n) is 6.36. The highest BCUT2D eigenvalue weighted by molar-refractivity contribution is 6.31. The van der Waals surface area contributed by atoms with Crippen molar-refractivity contribution in [1.82, 2.24) is 0 Å². The molecular formula is C16H18ClNO. The molecular weight excluding hydrogens is 258 g/mol. The van der Waals surface area contributed by atoms with Gasteiger partial charge in [-0.2, -0.15) is 0 Å². The highest BCUT2D eigenvalue weighted by atomic mass is 35.5. The molecule has 2 N–H and O–H groups in total. The summed E-state index contributed by atoms with van der Waals surface area (Å²) in [7, 11) is 0. The fourth-order valence-corrected chi connectivity index (χ4v) is 1.96. The Bertz CT molecular complexity index is 537. The smallest absolute Gasteiger partial charge is 0.120 e. The van der Waals surface area contributed by atoms with Crippen LogP contribution in [0, 0.1) is 6.92 Å². The minimum Gasteiger partial charge on any atom is -0.489 e. The van der Waals surface area contributed by atoms with E-state index in [0.29, 0.717) is 13.2 Å². The van der Waals surface area contributed by atoms with E-state index in [-0.39, 0.29) is 0 Å². The largest absolute Gasteiger partial charge is 0.489 e. The normalized spacial score (nSPS) is 10.5. The molecule has 0 radical (unpaired) electrons. The van der Waals surface area contributed by atoms with Gasteiger partial charge in [-0.25, -0.2) is 0 Å². The first-order valence-corrected chi connectivity index (χ1v) is 6.73. The van der Waals surface area contributed by atoms with E-state index in [1.807, 2.05) is 25.1 Å². The first kappa shape index (κ1) is 13.9. The van der Waals surface area contributed by atoms with E-state index in [1.54, 1.807) is 0 Å². The second-order valence-corrected chi connectivity index (χ2v) is 4.96. The van der Waals surface area contributed by atoms with E-state index in [2.05, 4.69) is 24.3 Å². The maximum absolute atomic E-state index is 5.98. The Morgan fingerprint density at radius 2 is 1.74 bits per heavy atom. The Balaban J connectivity index is 1.96. The van der Waals surface area contributed by atoms with Crippen molar-refractivity contribution in [3.8, 4) is 5.75 Å². The van der Waals surface area contributed by atoms with Gasteiger partial charge in [-0.15, -0.1) is 0 Å². The monoisotopic (exact) mass is 275 g/mol. The van der Waals surface area contributed by atoms with E-state index in [9.17, 15) is 0 Å². The van der Waals surface area contributed by atoms with Crippen molar-refractivity contribution in [1.29, 1.82) is 0 Å². The van der Waals surface area contributed by atoms with Gasteiger partial charge in [0.1, 0.15) is 12.4 Å². The lowest BCUT2D eigenvalue weighted by Crippen LogP contribution is -2.03. The van der Waals surface area contributed by atoms with Gasteiger partial charge in [-0.1, -0.05) is 35.9 Å². The average Bonchev–Trinajstić information content (AvgIpc) is 2.42. The number of halogens is 1. The molecule has 0 atom stereocenters.